The van der Waals surface area contributed by atoms with Crippen molar-refractivity contribution >= 4 is 23.8 Å². The third-order valence-electron chi connectivity index (χ3n) is 2.89. The predicted octanol–water partition coefficient (Wildman–Crippen LogP) is 2.16. The molecule has 21 heavy (non-hydrogen) atoms. The highest BCUT2D eigenvalue weighted by molar-refractivity contribution is 5.87. The van der Waals surface area contributed by atoms with Crippen LogP contribution in [0.2, 0.25) is 0 Å². The van der Waals surface area contributed by atoms with Gasteiger partial charge in [-0.15, -0.1) is 0 Å². The van der Waals surface area contributed by atoms with Crippen LogP contribution in [0.1, 0.15) is 21.8 Å². The molecule has 0 aliphatic rings. The molecule has 0 aliphatic heterocycles. The first-order chi connectivity index (χ1) is 10.1. The maximum Gasteiger partial charge on any atom is 0.337 e. The third-order valence-corrected chi connectivity index (χ3v) is 2.89. The Labute approximate surface area is 118 Å². The van der Waals surface area contributed by atoms with Gasteiger partial charge in [-0.1, -0.05) is 0 Å². The highest BCUT2D eigenvalue weighted by Gasteiger charge is 2.06. The molecule has 0 unspecified atom stereocenters. The lowest BCUT2D eigenvalue weighted by Gasteiger charge is -2.02. The summed E-state index contributed by atoms with van der Waals surface area (Å²) in [6.07, 6.45) is 6.16. The zero-order valence-corrected chi connectivity index (χ0v) is 10.8. The van der Waals surface area contributed by atoms with Gasteiger partial charge in [-0.05, 0) is 36.4 Å². The second kappa shape index (κ2) is 5.09. The first-order valence-electron chi connectivity index (χ1n) is 6.12. The lowest BCUT2D eigenvalue weighted by molar-refractivity contribution is 0.0696. The lowest BCUT2D eigenvalue weighted by atomic mass is 10.2. The first-order valence-corrected chi connectivity index (χ1v) is 6.12. The zero-order valence-electron chi connectivity index (χ0n) is 10.8. The Balaban J connectivity index is 2.05. The quantitative estimate of drug-likeness (QED) is 0.795. The van der Waals surface area contributed by atoms with Gasteiger partial charge in [0.25, 0.3) is 5.56 Å². The number of fused-ring (bicyclic) bond motifs is 1. The van der Waals surface area contributed by atoms with Crippen LogP contribution in [0.25, 0.3) is 17.8 Å². The Morgan fingerprint density at radius 3 is 2.86 bits per heavy atom. The van der Waals surface area contributed by atoms with Crippen molar-refractivity contribution in [2.45, 2.75) is 0 Å². The summed E-state index contributed by atoms with van der Waals surface area (Å²) in [6.45, 7) is 0. The molecule has 3 aromatic heterocycles. The van der Waals surface area contributed by atoms with Crippen molar-refractivity contribution in [3.8, 4) is 0 Å². The van der Waals surface area contributed by atoms with E-state index >= 15 is 0 Å². The van der Waals surface area contributed by atoms with E-state index < -0.39 is 5.97 Å². The van der Waals surface area contributed by atoms with Gasteiger partial charge in [-0.25, -0.2) is 9.78 Å². The fourth-order valence-electron chi connectivity index (χ4n) is 1.89. The molecule has 6 heteroatoms. The number of hydrogen-bond donors (Lipinski definition) is 1. The molecule has 0 bridgehead atoms. The summed E-state index contributed by atoms with van der Waals surface area (Å²) in [5, 5.41) is 8.92. The number of nitrogens with zero attached hydrogens (tertiary/aromatic N) is 2. The zero-order chi connectivity index (χ0) is 14.8. The Bertz CT molecular complexity index is 892. The topological polar surface area (TPSA) is 84.8 Å². The molecule has 0 saturated heterocycles. The smallest absolute Gasteiger partial charge is 0.337 e. The standard InChI is InChI=1S/C15H10N2O4/c18-14-8-11(4-5-12-2-1-7-21-12)16-13-6-3-10(15(19)20)9-17(13)14/h1-9H,(H,19,20). The molecular weight excluding hydrogens is 272 g/mol. The lowest BCUT2D eigenvalue weighted by Crippen LogP contribution is -2.15. The summed E-state index contributed by atoms with van der Waals surface area (Å²) in [5.41, 5.74) is 0.540. The number of aromatic nitrogens is 2. The van der Waals surface area contributed by atoms with Crippen LogP contribution in [0.3, 0.4) is 0 Å². The van der Waals surface area contributed by atoms with Crippen molar-refractivity contribution in [1.82, 2.24) is 9.38 Å². The average Bonchev–Trinajstić information content (AvgIpc) is 2.98. The van der Waals surface area contributed by atoms with Crippen LogP contribution in [0, 0.1) is 0 Å². The van der Waals surface area contributed by atoms with Crippen LogP contribution in [0.4, 0.5) is 0 Å². The summed E-state index contributed by atoms with van der Waals surface area (Å²) in [6, 6.07) is 7.77. The molecule has 0 radical (unpaired) electrons. The molecule has 0 aromatic carbocycles. The van der Waals surface area contributed by atoms with Gasteiger partial charge >= 0.3 is 5.97 Å². The van der Waals surface area contributed by atoms with E-state index in [1.807, 2.05) is 0 Å². The minimum Gasteiger partial charge on any atom is -0.478 e. The number of carboxylic acids is 1. The van der Waals surface area contributed by atoms with Crippen molar-refractivity contribution in [3.05, 3.63) is 70.2 Å². The molecule has 0 aliphatic carbocycles. The maximum atomic E-state index is 12.0. The van der Waals surface area contributed by atoms with E-state index in [9.17, 15) is 9.59 Å². The molecular formula is C15H10N2O4. The van der Waals surface area contributed by atoms with E-state index in [4.69, 9.17) is 9.52 Å². The number of carbonyl (C=O) groups is 1. The Morgan fingerprint density at radius 2 is 2.14 bits per heavy atom. The highest BCUT2D eigenvalue weighted by Crippen LogP contribution is 2.08. The minimum absolute atomic E-state index is 0.0327. The molecule has 104 valence electrons. The molecule has 0 atom stereocenters. The van der Waals surface area contributed by atoms with E-state index in [1.165, 1.54) is 28.8 Å². The van der Waals surface area contributed by atoms with Gasteiger partial charge in [-0.3, -0.25) is 9.20 Å². The van der Waals surface area contributed by atoms with Gasteiger partial charge in [0, 0.05) is 12.3 Å². The number of furan rings is 1. The Kier molecular flexibility index (Phi) is 3.12. The fraction of sp³-hybridized carbons (Fsp3) is 0. The summed E-state index contributed by atoms with van der Waals surface area (Å²) in [4.78, 5) is 27.2. The van der Waals surface area contributed by atoms with E-state index in [2.05, 4.69) is 4.98 Å². The van der Waals surface area contributed by atoms with Gasteiger partial charge in [-0.2, -0.15) is 0 Å². The second-order valence-corrected chi connectivity index (χ2v) is 4.32. The van der Waals surface area contributed by atoms with Crippen LogP contribution < -0.4 is 5.56 Å². The Hall–Kier alpha value is -3.15. The van der Waals surface area contributed by atoms with E-state index in [1.54, 1.807) is 30.5 Å². The molecule has 3 rings (SSSR count). The minimum atomic E-state index is -1.09. The number of rotatable bonds is 3. The normalized spacial score (nSPS) is 11.2. The van der Waals surface area contributed by atoms with Crippen molar-refractivity contribution in [3.63, 3.8) is 0 Å². The molecule has 0 saturated carbocycles. The average molecular weight is 282 g/mol. The van der Waals surface area contributed by atoms with E-state index in [0.717, 1.165) is 0 Å². The van der Waals surface area contributed by atoms with Crippen molar-refractivity contribution in [2.75, 3.05) is 0 Å². The monoisotopic (exact) mass is 282 g/mol. The van der Waals surface area contributed by atoms with Crippen molar-refractivity contribution < 1.29 is 14.3 Å². The third kappa shape index (κ3) is 2.59. The van der Waals surface area contributed by atoms with Crippen LogP contribution >= 0.6 is 0 Å². The number of pyridine rings is 1. The highest BCUT2D eigenvalue weighted by atomic mass is 16.4. The van der Waals surface area contributed by atoms with Gasteiger partial charge in [0.05, 0.1) is 17.5 Å². The van der Waals surface area contributed by atoms with Crippen LogP contribution in [-0.4, -0.2) is 20.5 Å². The summed E-state index contributed by atoms with van der Waals surface area (Å²) in [5.74, 6) is -0.441. The molecule has 0 fully saturated rings. The fourth-order valence-corrected chi connectivity index (χ4v) is 1.89. The first kappa shape index (κ1) is 12.9. The van der Waals surface area contributed by atoms with Crippen molar-refractivity contribution in [2.24, 2.45) is 0 Å². The predicted molar refractivity (Wildman–Crippen MR) is 76.1 cm³/mol. The van der Waals surface area contributed by atoms with E-state index in [0.29, 0.717) is 17.1 Å². The van der Waals surface area contributed by atoms with Crippen molar-refractivity contribution in [1.29, 1.82) is 0 Å². The Morgan fingerprint density at radius 1 is 1.29 bits per heavy atom. The summed E-state index contributed by atoms with van der Waals surface area (Å²) in [7, 11) is 0. The molecule has 3 aromatic rings. The molecule has 0 spiro atoms. The van der Waals surface area contributed by atoms with Gasteiger partial charge in [0.2, 0.25) is 0 Å². The van der Waals surface area contributed by atoms with Gasteiger partial charge in [0.1, 0.15) is 11.4 Å². The van der Waals surface area contributed by atoms with Gasteiger partial charge in [0.15, 0.2) is 0 Å². The maximum absolute atomic E-state index is 12.0. The SMILES string of the molecule is O=C(O)c1ccc2nc(C=Cc3ccco3)cc(=O)n2c1. The largest absolute Gasteiger partial charge is 0.478 e. The summed E-state index contributed by atoms with van der Waals surface area (Å²) >= 11 is 0. The number of hydrogen-bond acceptors (Lipinski definition) is 4. The van der Waals surface area contributed by atoms with Crippen LogP contribution in [-0.2, 0) is 0 Å². The molecule has 0 amide bonds. The van der Waals surface area contributed by atoms with Gasteiger partial charge < -0.3 is 9.52 Å². The number of aromatic carboxylic acids is 1. The van der Waals surface area contributed by atoms with Crippen LogP contribution in [0.15, 0.2) is 52.0 Å². The summed E-state index contributed by atoms with van der Waals surface area (Å²) < 4.78 is 6.35. The van der Waals surface area contributed by atoms with Crippen LogP contribution in [0.5, 0.6) is 0 Å². The second-order valence-electron chi connectivity index (χ2n) is 4.32. The number of carboxylic acid groups (broad SMARTS) is 1. The van der Waals surface area contributed by atoms with E-state index in [-0.39, 0.29) is 11.1 Å². The molecule has 3 heterocycles. The molecule has 6 nitrogen and oxygen atoms in total. The molecule has 1 N–H and O–H groups in total.